The highest BCUT2D eigenvalue weighted by Crippen LogP contribution is 2.28. The number of nitro benzene ring substituents is 1. The van der Waals surface area contributed by atoms with Gasteiger partial charge >= 0.3 is 17.6 Å². The van der Waals surface area contributed by atoms with Crippen molar-refractivity contribution < 1.29 is 38.6 Å². The zero-order chi connectivity index (χ0) is 24.4. The van der Waals surface area contributed by atoms with Crippen LogP contribution in [0.25, 0.3) is 0 Å². The molecule has 0 atom stereocenters. The zero-order valence-electron chi connectivity index (χ0n) is 18.2. The Morgan fingerprint density at radius 1 is 1.06 bits per heavy atom. The number of phenols is 1. The summed E-state index contributed by atoms with van der Waals surface area (Å²) in [7, 11) is 0. The summed E-state index contributed by atoms with van der Waals surface area (Å²) in [6.07, 6.45) is 0.145. The molecule has 0 spiro atoms. The number of carbonyl (C=O) groups is 3. The molecule has 0 unspecified atom stereocenters. The number of anilines is 1. The fourth-order valence-electron chi connectivity index (χ4n) is 2.82. The first-order valence-electron chi connectivity index (χ1n) is 10.1. The summed E-state index contributed by atoms with van der Waals surface area (Å²) in [4.78, 5) is 43.4. The van der Waals surface area contributed by atoms with E-state index in [0.29, 0.717) is 23.6 Å². The third-order valence-electron chi connectivity index (χ3n) is 4.22. The number of nitro groups is 1. The second-order valence-electron chi connectivity index (χ2n) is 6.71. The Balaban J connectivity index is 0.000000234. The molecule has 1 aliphatic heterocycles. The Kier molecular flexibility index (Phi) is 9.16. The van der Waals surface area contributed by atoms with Crippen molar-refractivity contribution in [3.63, 3.8) is 0 Å². The van der Waals surface area contributed by atoms with E-state index in [1.54, 1.807) is 32.0 Å². The summed E-state index contributed by atoms with van der Waals surface area (Å²) in [5.74, 6) is -0.724. The first kappa shape index (κ1) is 25.1. The van der Waals surface area contributed by atoms with Crippen molar-refractivity contribution >= 4 is 29.2 Å². The van der Waals surface area contributed by atoms with Crippen LogP contribution in [0.4, 0.5) is 11.4 Å². The maximum atomic E-state index is 11.3. The van der Waals surface area contributed by atoms with E-state index in [-0.39, 0.29) is 37.9 Å². The van der Waals surface area contributed by atoms with Crippen LogP contribution in [-0.2, 0) is 36.7 Å². The molecular weight excluding hydrogens is 436 g/mol. The van der Waals surface area contributed by atoms with Crippen LogP contribution in [0.15, 0.2) is 36.4 Å². The van der Waals surface area contributed by atoms with E-state index in [9.17, 15) is 29.6 Å². The molecule has 0 bridgehead atoms. The molecule has 0 radical (unpaired) electrons. The number of nitrogens with zero attached hydrogens (tertiary/aromatic N) is 1. The van der Waals surface area contributed by atoms with Gasteiger partial charge in [0.1, 0.15) is 5.75 Å². The van der Waals surface area contributed by atoms with Crippen molar-refractivity contribution in [3.05, 3.63) is 57.6 Å². The Labute approximate surface area is 189 Å². The Hall–Kier alpha value is -4.15. The summed E-state index contributed by atoms with van der Waals surface area (Å²) in [6, 6.07) is 9.04. The molecular formula is C22H24N2O9. The average Bonchev–Trinajstić information content (AvgIpc) is 2.75. The number of fused-ring (bicyclic) bond motifs is 1. The molecule has 2 N–H and O–H groups in total. The number of rotatable bonds is 7. The minimum Gasteiger partial charge on any atom is -0.502 e. The number of nitrogens with one attached hydrogen (secondary N) is 1. The van der Waals surface area contributed by atoms with Gasteiger partial charge in [-0.25, -0.2) is 0 Å². The minimum absolute atomic E-state index is 0.0320. The maximum absolute atomic E-state index is 11.3. The van der Waals surface area contributed by atoms with Gasteiger partial charge in [0.2, 0.25) is 0 Å². The van der Waals surface area contributed by atoms with E-state index in [1.165, 1.54) is 12.1 Å². The molecule has 0 aromatic heterocycles. The monoisotopic (exact) mass is 460 g/mol. The maximum Gasteiger partial charge on any atom is 0.310 e. The lowest BCUT2D eigenvalue weighted by atomic mass is 10.1. The first-order valence-corrected chi connectivity index (χ1v) is 10.1. The average molecular weight is 460 g/mol. The number of esters is 2. The van der Waals surface area contributed by atoms with Crippen molar-refractivity contribution in [1.82, 2.24) is 0 Å². The SMILES string of the molecule is CCOC(=O)Cc1ccc(O)c([N+](=O)[O-])c1.CCOC(=O)Cc1ccc2c(c1)NC(=O)CO2. The second-order valence-corrected chi connectivity index (χ2v) is 6.71. The quantitative estimate of drug-likeness (QED) is 0.360. The standard InChI is InChI=1S/C12H13NO4.C10H11NO5/c1-2-16-12(15)6-8-3-4-10-9(5-8)13-11(14)7-17-10;1-2-16-10(13)6-7-3-4-9(12)8(5-7)11(14)15/h3-5H,2,6-7H2,1H3,(H,13,14);3-5,12H,2,6H2,1H3. The fourth-order valence-corrected chi connectivity index (χ4v) is 2.82. The van der Waals surface area contributed by atoms with Crippen LogP contribution in [0.2, 0.25) is 0 Å². The van der Waals surface area contributed by atoms with Gasteiger partial charge in [0.25, 0.3) is 5.91 Å². The number of hydrogen-bond acceptors (Lipinski definition) is 9. The van der Waals surface area contributed by atoms with Gasteiger partial charge in [-0.3, -0.25) is 24.5 Å². The van der Waals surface area contributed by atoms with Crippen LogP contribution in [0.5, 0.6) is 11.5 Å². The van der Waals surface area contributed by atoms with Crippen LogP contribution in [-0.4, -0.2) is 47.7 Å². The van der Waals surface area contributed by atoms with E-state index in [4.69, 9.17) is 14.2 Å². The topological polar surface area (TPSA) is 154 Å². The number of ether oxygens (including phenoxy) is 3. The molecule has 0 saturated carbocycles. The molecule has 11 heteroatoms. The van der Waals surface area contributed by atoms with Crippen LogP contribution in [0, 0.1) is 10.1 Å². The molecule has 2 aromatic rings. The van der Waals surface area contributed by atoms with Crippen LogP contribution < -0.4 is 10.1 Å². The fraction of sp³-hybridized carbons (Fsp3) is 0.318. The number of benzene rings is 2. The van der Waals surface area contributed by atoms with E-state index < -0.39 is 22.3 Å². The third-order valence-corrected chi connectivity index (χ3v) is 4.22. The van der Waals surface area contributed by atoms with Crippen molar-refractivity contribution in [2.45, 2.75) is 26.7 Å². The summed E-state index contributed by atoms with van der Waals surface area (Å²) in [6.45, 7) is 4.10. The molecule has 1 aliphatic rings. The van der Waals surface area contributed by atoms with Crippen molar-refractivity contribution in [2.75, 3.05) is 25.1 Å². The van der Waals surface area contributed by atoms with E-state index in [0.717, 1.165) is 11.6 Å². The molecule has 0 aliphatic carbocycles. The lowest BCUT2D eigenvalue weighted by molar-refractivity contribution is -0.385. The lowest BCUT2D eigenvalue weighted by Gasteiger charge is -2.18. The van der Waals surface area contributed by atoms with Gasteiger partial charge in [0.05, 0.1) is 36.7 Å². The molecule has 2 aromatic carbocycles. The largest absolute Gasteiger partial charge is 0.502 e. The summed E-state index contributed by atoms with van der Waals surface area (Å²) < 4.78 is 14.8. The highest BCUT2D eigenvalue weighted by atomic mass is 16.6. The second kappa shape index (κ2) is 12.0. The van der Waals surface area contributed by atoms with E-state index in [1.807, 2.05) is 0 Å². The summed E-state index contributed by atoms with van der Waals surface area (Å²) in [5.41, 5.74) is 1.40. The number of amides is 1. The molecule has 11 nitrogen and oxygen atoms in total. The normalized spacial score (nSPS) is 11.6. The molecule has 1 amide bonds. The number of carbonyl (C=O) groups excluding carboxylic acids is 3. The molecule has 0 saturated heterocycles. The summed E-state index contributed by atoms with van der Waals surface area (Å²) >= 11 is 0. The number of phenolic OH excluding ortho intramolecular Hbond substituents is 1. The molecule has 3 rings (SSSR count). The van der Waals surface area contributed by atoms with Crippen molar-refractivity contribution in [1.29, 1.82) is 0 Å². The van der Waals surface area contributed by atoms with Gasteiger partial charge in [-0.15, -0.1) is 0 Å². The predicted molar refractivity (Wildman–Crippen MR) is 116 cm³/mol. The smallest absolute Gasteiger partial charge is 0.310 e. The molecule has 0 fully saturated rings. The van der Waals surface area contributed by atoms with Gasteiger partial charge in [0.15, 0.2) is 12.4 Å². The van der Waals surface area contributed by atoms with Gasteiger partial charge in [-0.05, 0) is 43.2 Å². The zero-order valence-corrected chi connectivity index (χ0v) is 18.2. The van der Waals surface area contributed by atoms with Crippen molar-refractivity contribution in [3.8, 4) is 11.5 Å². The Bertz CT molecular complexity index is 1040. The van der Waals surface area contributed by atoms with Gasteiger partial charge in [-0.1, -0.05) is 12.1 Å². The highest BCUT2D eigenvalue weighted by Gasteiger charge is 2.17. The van der Waals surface area contributed by atoms with Crippen LogP contribution in [0.1, 0.15) is 25.0 Å². The number of hydrogen-bond donors (Lipinski definition) is 2. The third kappa shape index (κ3) is 7.80. The van der Waals surface area contributed by atoms with E-state index in [2.05, 4.69) is 5.32 Å². The Morgan fingerprint density at radius 2 is 1.64 bits per heavy atom. The number of aromatic hydroxyl groups is 1. The van der Waals surface area contributed by atoms with Crippen LogP contribution in [0.3, 0.4) is 0 Å². The lowest BCUT2D eigenvalue weighted by Crippen LogP contribution is -2.25. The van der Waals surface area contributed by atoms with Crippen LogP contribution >= 0.6 is 0 Å². The molecule has 1 heterocycles. The summed E-state index contributed by atoms with van der Waals surface area (Å²) in [5, 5.41) is 22.4. The highest BCUT2D eigenvalue weighted by molar-refractivity contribution is 5.95. The predicted octanol–water partition coefficient (Wildman–Crippen LogP) is 2.53. The van der Waals surface area contributed by atoms with Crippen molar-refractivity contribution in [2.24, 2.45) is 0 Å². The van der Waals surface area contributed by atoms with E-state index >= 15 is 0 Å². The Morgan fingerprint density at radius 3 is 2.21 bits per heavy atom. The molecule has 176 valence electrons. The first-order chi connectivity index (χ1) is 15.7. The minimum atomic E-state index is -0.704. The van der Waals surface area contributed by atoms with Gasteiger partial charge < -0.3 is 24.6 Å². The molecule has 33 heavy (non-hydrogen) atoms. The van der Waals surface area contributed by atoms with Gasteiger partial charge in [-0.2, -0.15) is 0 Å². The van der Waals surface area contributed by atoms with Gasteiger partial charge in [0, 0.05) is 6.07 Å².